The molecule has 39 heavy (non-hydrogen) atoms. The fourth-order valence-electron chi connectivity index (χ4n) is 4.51. The maximum atomic E-state index is 12.1. The summed E-state index contributed by atoms with van der Waals surface area (Å²) in [4.78, 5) is 26.4. The van der Waals surface area contributed by atoms with Gasteiger partial charge in [0, 0.05) is 11.3 Å². The first-order chi connectivity index (χ1) is 18.7. The van der Waals surface area contributed by atoms with Gasteiger partial charge in [-0.1, -0.05) is 91.9 Å². The summed E-state index contributed by atoms with van der Waals surface area (Å²) in [6.45, 7) is 7.60. The molecule has 0 saturated carbocycles. The molecule has 202 valence electrons. The molecule has 8 heteroatoms. The van der Waals surface area contributed by atoms with E-state index < -0.39 is 17.1 Å². The van der Waals surface area contributed by atoms with Crippen LogP contribution in [-0.2, 0) is 19.9 Å². The molecule has 1 heterocycles. The Morgan fingerprint density at radius 2 is 1.49 bits per heavy atom. The average Bonchev–Trinajstić information content (AvgIpc) is 3.45. The molecule has 0 amide bonds. The first-order valence-corrected chi connectivity index (χ1v) is 13.4. The molecule has 1 aromatic heterocycles. The van der Waals surface area contributed by atoms with Crippen molar-refractivity contribution < 1.29 is 24.4 Å². The molecule has 0 aliphatic carbocycles. The smallest absolute Gasteiger partial charge is 0.418 e. The molecule has 0 aliphatic rings. The highest BCUT2D eigenvalue weighted by molar-refractivity contribution is 7.10. The lowest BCUT2D eigenvalue weighted by atomic mass is 9.74. The highest BCUT2D eigenvalue weighted by atomic mass is 32.1. The Morgan fingerprint density at radius 3 is 2.03 bits per heavy atom. The average molecular weight is 545 g/mol. The SMILES string of the molecule is COC(=O)c1csc(C(C)c2ccccc2C(N=C(OO)OC(C)(C)C)(c2ccccc2)c2ccccc2)n1. The normalized spacial score (nSPS) is 13.0. The molecule has 0 aliphatic heterocycles. The lowest BCUT2D eigenvalue weighted by molar-refractivity contribution is -0.186. The Labute approximate surface area is 232 Å². The number of aliphatic imine (C=N–C) groups is 1. The zero-order valence-electron chi connectivity index (χ0n) is 22.6. The lowest BCUT2D eigenvalue weighted by Gasteiger charge is -2.35. The van der Waals surface area contributed by atoms with E-state index >= 15 is 0 Å². The van der Waals surface area contributed by atoms with Crippen LogP contribution in [0.5, 0.6) is 0 Å². The van der Waals surface area contributed by atoms with Crippen LogP contribution in [0.4, 0.5) is 0 Å². The van der Waals surface area contributed by atoms with Gasteiger partial charge in [-0.15, -0.1) is 11.3 Å². The summed E-state index contributed by atoms with van der Waals surface area (Å²) in [6, 6.07) is 27.6. The van der Waals surface area contributed by atoms with Gasteiger partial charge in [0.15, 0.2) is 5.69 Å². The van der Waals surface area contributed by atoms with Gasteiger partial charge in [0.25, 0.3) is 0 Å². The first-order valence-electron chi connectivity index (χ1n) is 12.5. The van der Waals surface area contributed by atoms with Crippen molar-refractivity contribution in [2.45, 2.75) is 44.8 Å². The number of thiazole rings is 1. The van der Waals surface area contributed by atoms with Crippen molar-refractivity contribution in [1.29, 1.82) is 0 Å². The number of benzene rings is 3. The Hall–Kier alpha value is -4.01. The highest BCUT2D eigenvalue weighted by Gasteiger charge is 2.41. The standard InChI is InChI=1S/C31H32N2O5S/c1-21(27-32-26(20-39-27)28(34)36-5)24-18-12-13-19-25(24)31(22-14-8-6-9-15-22,23-16-10-7-11-17-23)33-29(38-35)37-30(2,3)4/h6-21,35H,1-5H3. The second kappa shape index (κ2) is 11.8. The minimum Gasteiger partial charge on any atom is -0.464 e. The summed E-state index contributed by atoms with van der Waals surface area (Å²) in [7, 11) is 1.34. The number of hydrogen-bond acceptors (Lipinski definition) is 8. The number of carbonyl (C=O) groups excluding carboxylic acids is 1. The third-order valence-corrected chi connectivity index (χ3v) is 7.25. The van der Waals surface area contributed by atoms with Crippen molar-refractivity contribution >= 4 is 23.4 Å². The van der Waals surface area contributed by atoms with Crippen molar-refractivity contribution in [1.82, 2.24) is 4.98 Å². The van der Waals surface area contributed by atoms with Crippen LogP contribution in [0, 0.1) is 0 Å². The van der Waals surface area contributed by atoms with E-state index in [1.165, 1.54) is 18.4 Å². The summed E-state index contributed by atoms with van der Waals surface area (Å²) in [6.07, 6.45) is -0.264. The second-order valence-electron chi connectivity index (χ2n) is 10.00. The molecular weight excluding hydrogens is 512 g/mol. The van der Waals surface area contributed by atoms with E-state index in [-0.39, 0.29) is 17.7 Å². The second-order valence-corrected chi connectivity index (χ2v) is 10.9. The molecule has 0 radical (unpaired) electrons. The Balaban J connectivity index is 2.03. The van der Waals surface area contributed by atoms with Crippen LogP contribution in [0.1, 0.15) is 71.4 Å². The number of carbonyl (C=O) groups is 1. The summed E-state index contributed by atoms with van der Waals surface area (Å²) >= 11 is 1.40. The Bertz CT molecular complexity index is 1390. The van der Waals surface area contributed by atoms with Crippen molar-refractivity contribution in [2.75, 3.05) is 7.11 Å². The number of esters is 1. The maximum absolute atomic E-state index is 12.1. The molecule has 0 spiro atoms. The van der Waals surface area contributed by atoms with Crippen LogP contribution in [0.15, 0.2) is 95.3 Å². The topological polar surface area (TPSA) is 90.2 Å². The van der Waals surface area contributed by atoms with Gasteiger partial charge in [-0.2, -0.15) is 10.2 Å². The number of hydrogen-bond donors (Lipinski definition) is 1. The predicted molar refractivity (Wildman–Crippen MR) is 152 cm³/mol. The Morgan fingerprint density at radius 1 is 0.923 bits per heavy atom. The van der Waals surface area contributed by atoms with E-state index in [0.29, 0.717) is 0 Å². The van der Waals surface area contributed by atoms with E-state index in [1.807, 2.05) is 113 Å². The van der Waals surface area contributed by atoms with Crippen molar-refractivity contribution in [3.63, 3.8) is 0 Å². The summed E-state index contributed by atoms with van der Waals surface area (Å²) in [5.74, 6) is -0.678. The van der Waals surface area contributed by atoms with Crippen LogP contribution < -0.4 is 0 Å². The largest absolute Gasteiger partial charge is 0.464 e. The van der Waals surface area contributed by atoms with Crippen LogP contribution >= 0.6 is 11.3 Å². The van der Waals surface area contributed by atoms with Crippen molar-refractivity contribution in [2.24, 2.45) is 4.99 Å². The van der Waals surface area contributed by atoms with Gasteiger partial charge in [-0.3, -0.25) is 4.89 Å². The molecule has 0 bridgehead atoms. The maximum Gasteiger partial charge on any atom is 0.418 e. The molecule has 1 N–H and O–H groups in total. The number of ether oxygens (including phenoxy) is 2. The highest BCUT2D eigenvalue weighted by Crippen LogP contribution is 2.45. The summed E-state index contributed by atoms with van der Waals surface area (Å²) < 4.78 is 10.8. The van der Waals surface area contributed by atoms with Gasteiger partial charge in [0.1, 0.15) is 16.1 Å². The van der Waals surface area contributed by atoms with Gasteiger partial charge in [-0.05, 0) is 43.0 Å². The van der Waals surface area contributed by atoms with E-state index in [2.05, 4.69) is 4.98 Å². The fourth-order valence-corrected chi connectivity index (χ4v) is 5.37. The van der Waals surface area contributed by atoms with Crippen molar-refractivity contribution in [3.05, 3.63) is 123 Å². The lowest BCUT2D eigenvalue weighted by Crippen LogP contribution is -2.33. The Kier molecular flexibility index (Phi) is 8.47. The molecule has 4 rings (SSSR count). The van der Waals surface area contributed by atoms with Crippen molar-refractivity contribution in [3.8, 4) is 0 Å². The van der Waals surface area contributed by atoms with E-state index in [9.17, 15) is 10.1 Å². The van der Waals surface area contributed by atoms with Gasteiger partial charge < -0.3 is 9.47 Å². The number of methoxy groups -OCH3 is 1. The fraction of sp³-hybridized carbons (Fsp3) is 0.258. The predicted octanol–water partition coefficient (Wildman–Crippen LogP) is 7.03. The van der Waals surface area contributed by atoms with Gasteiger partial charge in [-0.25, -0.2) is 9.78 Å². The first kappa shape index (κ1) is 28.0. The molecule has 4 aromatic rings. The van der Waals surface area contributed by atoms with Crippen LogP contribution in [0.2, 0.25) is 0 Å². The molecule has 0 fully saturated rings. The van der Waals surface area contributed by atoms with Crippen LogP contribution in [-0.4, -0.2) is 35.0 Å². The van der Waals surface area contributed by atoms with Gasteiger partial charge in [0.05, 0.1) is 7.11 Å². The zero-order valence-corrected chi connectivity index (χ0v) is 23.4. The zero-order chi connectivity index (χ0) is 28.0. The minimum absolute atomic E-state index is 0.200. The molecule has 7 nitrogen and oxygen atoms in total. The van der Waals surface area contributed by atoms with E-state index in [0.717, 1.165) is 27.3 Å². The van der Waals surface area contributed by atoms with E-state index in [4.69, 9.17) is 19.4 Å². The monoisotopic (exact) mass is 544 g/mol. The molecule has 3 aromatic carbocycles. The van der Waals surface area contributed by atoms with Crippen LogP contribution in [0.3, 0.4) is 0 Å². The number of rotatable bonds is 7. The third kappa shape index (κ3) is 6.02. The van der Waals surface area contributed by atoms with E-state index in [1.54, 1.807) is 5.38 Å². The summed E-state index contributed by atoms with van der Waals surface area (Å²) in [5, 5.41) is 12.4. The summed E-state index contributed by atoms with van der Waals surface area (Å²) in [5.41, 5.74) is 1.89. The molecule has 1 unspecified atom stereocenters. The van der Waals surface area contributed by atoms with Gasteiger partial charge in [0.2, 0.25) is 0 Å². The van der Waals surface area contributed by atoms with Crippen LogP contribution in [0.25, 0.3) is 0 Å². The minimum atomic E-state index is -1.17. The quantitative estimate of drug-likeness (QED) is 0.0671. The number of nitrogens with zero attached hydrogens (tertiary/aromatic N) is 2. The van der Waals surface area contributed by atoms with Gasteiger partial charge >= 0.3 is 12.1 Å². The molecular formula is C31H32N2O5S. The number of aromatic nitrogens is 1. The molecule has 0 saturated heterocycles. The third-order valence-electron chi connectivity index (χ3n) is 6.22. The molecule has 1 atom stereocenters.